The Balaban J connectivity index is 2.68. The van der Waals surface area contributed by atoms with E-state index in [4.69, 9.17) is 10.6 Å². The molecule has 6 heteroatoms. The minimum absolute atomic E-state index is 0.201. The molecule has 90 valence electrons. The van der Waals surface area contributed by atoms with Crippen molar-refractivity contribution in [1.29, 1.82) is 0 Å². The number of nitrogens with one attached hydrogen (secondary N) is 2. The highest BCUT2D eigenvalue weighted by Crippen LogP contribution is 2.11. The van der Waals surface area contributed by atoms with Crippen molar-refractivity contribution < 1.29 is 4.74 Å². The molecule has 1 atom stereocenters. The molecular weight excluding hydrogens is 206 g/mol. The summed E-state index contributed by atoms with van der Waals surface area (Å²) in [6, 6.07) is 0.201. The summed E-state index contributed by atoms with van der Waals surface area (Å²) < 4.78 is 5.14. The number of nitrogens with two attached hydrogens (primary N) is 1. The molecule has 16 heavy (non-hydrogen) atoms. The van der Waals surface area contributed by atoms with Gasteiger partial charge in [-0.25, -0.2) is 10.8 Å². The Hall–Kier alpha value is -1.40. The number of rotatable bonds is 6. The van der Waals surface area contributed by atoms with Gasteiger partial charge in [0.05, 0.1) is 25.0 Å². The molecule has 1 aromatic rings. The first kappa shape index (κ1) is 12.7. The smallest absolute Gasteiger partial charge is 0.160 e. The monoisotopic (exact) mass is 225 g/mol. The molecule has 6 nitrogen and oxygen atoms in total. The zero-order chi connectivity index (χ0) is 12.0. The van der Waals surface area contributed by atoms with Gasteiger partial charge in [-0.05, 0) is 5.92 Å². The standard InChI is InChI=1S/C10H19N5O/c1-7(2)8(6-16-3)13-9-4-12-5-10(14-9)15-11/h4-5,7-8H,6,11H2,1-3H3,(H2,13,14,15). The van der Waals surface area contributed by atoms with Crippen LogP contribution in [0.3, 0.4) is 0 Å². The highest BCUT2D eigenvalue weighted by Gasteiger charge is 2.13. The number of nitrogen functional groups attached to an aromatic ring is 1. The Morgan fingerprint density at radius 2 is 2.06 bits per heavy atom. The van der Waals surface area contributed by atoms with Crippen LogP contribution in [0.2, 0.25) is 0 Å². The van der Waals surface area contributed by atoms with Gasteiger partial charge in [0.2, 0.25) is 0 Å². The van der Waals surface area contributed by atoms with E-state index in [9.17, 15) is 0 Å². The molecule has 0 saturated carbocycles. The average molecular weight is 225 g/mol. The van der Waals surface area contributed by atoms with Crippen molar-refractivity contribution >= 4 is 11.6 Å². The SMILES string of the molecule is COCC(Nc1cncc(NN)n1)C(C)C. The largest absolute Gasteiger partial charge is 0.383 e. The van der Waals surface area contributed by atoms with Gasteiger partial charge in [0, 0.05) is 7.11 Å². The van der Waals surface area contributed by atoms with Crippen LogP contribution in [0.1, 0.15) is 13.8 Å². The van der Waals surface area contributed by atoms with Gasteiger partial charge in [-0.3, -0.25) is 4.98 Å². The van der Waals surface area contributed by atoms with E-state index < -0.39 is 0 Å². The zero-order valence-corrected chi connectivity index (χ0v) is 9.90. The summed E-state index contributed by atoms with van der Waals surface area (Å²) in [5.41, 5.74) is 2.46. The topological polar surface area (TPSA) is 85.1 Å². The number of hydrogen-bond donors (Lipinski definition) is 3. The summed E-state index contributed by atoms with van der Waals surface area (Å²) in [5, 5.41) is 3.26. The minimum atomic E-state index is 0.201. The van der Waals surface area contributed by atoms with Crippen molar-refractivity contribution in [2.45, 2.75) is 19.9 Å². The molecule has 0 aliphatic rings. The van der Waals surface area contributed by atoms with Crippen molar-refractivity contribution in [3.05, 3.63) is 12.4 Å². The average Bonchev–Trinajstić information content (AvgIpc) is 2.28. The van der Waals surface area contributed by atoms with E-state index in [1.807, 2.05) is 0 Å². The van der Waals surface area contributed by atoms with E-state index in [0.29, 0.717) is 24.2 Å². The second kappa shape index (κ2) is 6.24. The molecule has 1 heterocycles. The third-order valence-electron chi connectivity index (χ3n) is 2.27. The number of aromatic nitrogens is 2. The van der Waals surface area contributed by atoms with Gasteiger partial charge >= 0.3 is 0 Å². The van der Waals surface area contributed by atoms with Crippen LogP contribution >= 0.6 is 0 Å². The summed E-state index contributed by atoms with van der Waals surface area (Å²) in [5.74, 6) is 6.92. The summed E-state index contributed by atoms with van der Waals surface area (Å²) >= 11 is 0. The van der Waals surface area contributed by atoms with Crippen LogP contribution in [-0.4, -0.2) is 29.7 Å². The lowest BCUT2D eigenvalue weighted by molar-refractivity contribution is 0.171. The van der Waals surface area contributed by atoms with Gasteiger partial charge in [-0.1, -0.05) is 13.8 Å². The van der Waals surface area contributed by atoms with Crippen LogP contribution < -0.4 is 16.6 Å². The van der Waals surface area contributed by atoms with E-state index >= 15 is 0 Å². The van der Waals surface area contributed by atoms with E-state index in [2.05, 4.69) is 34.6 Å². The molecule has 0 saturated heterocycles. The molecule has 1 unspecified atom stereocenters. The number of hydrazine groups is 1. The van der Waals surface area contributed by atoms with Crippen LogP contribution in [0.5, 0.6) is 0 Å². The van der Waals surface area contributed by atoms with Gasteiger partial charge in [0.25, 0.3) is 0 Å². The quantitative estimate of drug-likeness (QED) is 0.491. The predicted molar refractivity (Wildman–Crippen MR) is 64.0 cm³/mol. The van der Waals surface area contributed by atoms with E-state index in [-0.39, 0.29) is 6.04 Å². The zero-order valence-electron chi connectivity index (χ0n) is 9.90. The highest BCUT2D eigenvalue weighted by molar-refractivity contribution is 5.41. The third kappa shape index (κ3) is 3.63. The van der Waals surface area contributed by atoms with Gasteiger partial charge in [-0.15, -0.1) is 0 Å². The summed E-state index contributed by atoms with van der Waals surface area (Å²) in [7, 11) is 1.68. The van der Waals surface area contributed by atoms with Crippen molar-refractivity contribution in [2.24, 2.45) is 11.8 Å². The van der Waals surface area contributed by atoms with Gasteiger partial charge in [-0.2, -0.15) is 0 Å². The lowest BCUT2D eigenvalue weighted by atomic mass is 10.1. The molecule has 0 aliphatic heterocycles. The fourth-order valence-electron chi connectivity index (χ4n) is 1.28. The van der Waals surface area contributed by atoms with Crippen molar-refractivity contribution in [2.75, 3.05) is 24.5 Å². The summed E-state index contributed by atoms with van der Waals surface area (Å²) in [6.45, 7) is 4.87. The number of methoxy groups -OCH3 is 1. The minimum Gasteiger partial charge on any atom is -0.383 e. The Morgan fingerprint density at radius 1 is 1.38 bits per heavy atom. The van der Waals surface area contributed by atoms with Gasteiger partial charge in [0.1, 0.15) is 5.82 Å². The first-order valence-corrected chi connectivity index (χ1v) is 5.21. The molecule has 0 bridgehead atoms. The Morgan fingerprint density at radius 3 is 2.62 bits per heavy atom. The molecule has 0 radical (unpaired) electrons. The van der Waals surface area contributed by atoms with Crippen LogP contribution in [0.25, 0.3) is 0 Å². The first-order chi connectivity index (χ1) is 7.67. The summed E-state index contributed by atoms with van der Waals surface area (Å²) in [6.07, 6.45) is 3.22. The lowest BCUT2D eigenvalue weighted by Gasteiger charge is -2.21. The molecule has 0 spiro atoms. The van der Waals surface area contributed by atoms with Gasteiger partial charge in [0.15, 0.2) is 5.82 Å². The normalized spacial score (nSPS) is 12.6. The Kier molecular flexibility index (Phi) is 4.94. The van der Waals surface area contributed by atoms with E-state index in [1.165, 1.54) is 0 Å². The maximum atomic E-state index is 5.26. The molecule has 0 aromatic carbocycles. The fraction of sp³-hybridized carbons (Fsp3) is 0.600. The third-order valence-corrected chi connectivity index (χ3v) is 2.27. The van der Waals surface area contributed by atoms with Crippen LogP contribution in [-0.2, 0) is 4.74 Å². The lowest BCUT2D eigenvalue weighted by Crippen LogP contribution is -2.31. The molecule has 0 fully saturated rings. The summed E-state index contributed by atoms with van der Waals surface area (Å²) in [4.78, 5) is 8.25. The molecule has 1 aromatic heterocycles. The second-order valence-corrected chi connectivity index (χ2v) is 3.88. The van der Waals surface area contributed by atoms with E-state index in [1.54, 1.807) is 19.5 Å². The highest BCUT2D eigenvalue weighted by atomic mass is 16.5. The number of anilines is 2. The van der Waals surface area contributed by atoms with Crippen molar-refractivity contribution in [1.82, 2.24) is 9.97 Å². The van der Waals surface area contributed by atoms with Crippen molar-refractivity contribution in [3.63, 3.8) is 0 Å². The fourth-order valence-corrected chi connectivity index (χ4v) is 1.28. The molecule has 1 rings (SSSR count). The van der Waals surface area contributed by atoms with Crippen LogP contribution in [0, 0.1) is 5.92 Å². The Labute approximate surface area is 95.6 Å². The van der Waals surface area contributed by atoms with Gasteiger partial charge < -0.3 is 15.5 Å². The maximum absolute atomic E-state index is 5.26. The molecule has 4 N–H and O–H groups in total. The van der Waals surface area contributed by atoms with Crippen LogP contribution in [0.15, 0.2) is 12.4 Å². The Bertz CT molecular complexity index is 318. The molecular formula is C10H19N5O. The number of ether oxygens (including phenoxy) is 1. The molecule has 0 amide bonds. The maximum Gasteiger partial charge on any atom is 0.160 e. The first-order valence-electron chi connectivity index (χ1n) is 5.21. The number of nitrogens with zero attached hydrogens (tertiary/aromatic N) is 2. The second-order valence-electron chi connectivity index (χ2n) is 3.88. The van der Waals surface area contributed by atoms with E-state index in [0.717, 1.165) is 0 Å². The number of hydrogen-bond acceptors (Lipinski definition) is 6. The molecule has 0 aliphatic carbocycles. The van der Waals surface area contributed by atoms with Crippen LogP contribution in [0.4, 0.5) is 11.6 Å². The van der Waals surface area contributed by atoms with Crippen molar-refractivity contribution in [3.8, 4) is 0 Å². The predicted octanol–water partition coefficient (Wildman–Crippen LogP) is 0.845.